The van der Waals surface area contributed by atoms with Crippen molar-refractivity contribution in [1.82, 2.24) is 4.98 Å². The van der Waals surface area contributed by atoms with Crippen molar-refractivity contribution < 1.29 is 9.53 Å². The molecule has 0 spiro atoms. The number of anilines is 1. The van der Waals surface area contributed by atoms with Crippen LogP contribution >= 0.6 is 23.4 Å². The summed E-state index contributed by atoms with van der Waals surface area (Å²) in [4.78, 5) is 17.5. The zero-order valence-corrected chi connectivity index (χ0v) is 21.5. The molecule has 3 aromatic carbocycles. The van der Waals surface area contributed by atoms with Crippen LogP contribution in [0.1, 0.15) is 18.1 Å². The third-order valence-electron chi connectivity index (χ3n) is 5.44. The fraction of sp³-hybridized carbons (Fsp3) is 0.138. The van der Waals surface area contributed by atoms with Gasteiger partial charge in [0.05, 0.1) is 23.6 Å². The number of halogens is 1. The van der Waals surface area contributed by atoms with Gasteiger partial charge in [0.1, 0.15) is 16.8 Å². The fourth-order valence-corrected chi connectivity index (χ4v) is 4.60. The predicted molar refractivity (Wildman–Crippen MR) is 147 cm³/mol. The molecule has 0 radical (unpaired) electrons. The predicted octanol–water partition coefficient (Wildman–Crippen LogP) is 7.38. The molecule has 0 bridgehead atoms. The number of nitrogens with zero attached hydrogens (tertiary/aromatic N) is 2. The second kappa shape index (κ2) is 11.8. The number of hydrogen-bond donors (Lipinski definition) is 1. The number of aromatic nitrogens is 1. The highest BCUT2D eigenvalue weighted by Crippen LogP contribution is 2.34. The minimum Gasteiger partial charge on any atom is -0.494 e. The SMILES string of the molecule is CCOc1ccc(-c2cc(-c3ccccc3)c(C#N)c(SCC(=O)Nc3ccc(C)c(Cl)c3)n2)cc1. The first-order valence-corrected chi connectivity index (χ1v) is 12.8. The highest BCUT2D eigenvalue weighted by Gasteiger charge is 2.17. The molecule has 0 saturated carbocycles. The third kappa shape index (κ3) is 6.06. The van der Waals surface area contributed by atoms with Crippen LogP contribution in [0, 0.1) is 18.3 Å². The number of rotatable bonds is 8. The number of nitriles is 1. The molecule has 1 heterocycles. The quantitative estimate of drug-likeness (QED) is 0.249. The molecule has 1 amide bonds. The van der Waals surface area contributed by atoms with E-state index in [1.54, 1.807) is 6.07 Å². The van der Waals surface area contributed by atoms with Crippen molar-refractivity contribution in [3.8, 4) is 34.2 Å². The van der Waals surface area contributed by atoms with Crippen LogP contribution in [0.4, 0.5) is 5.69 Å². The van der Waals surface area contributed by atoms with E-state index in [0.29, 0.717) is 33.6 Å². The summed E-state index contributed by atoms with van der Waals surface area (Å²) >= 11 is 7.41. The van der Waals surface area contributed by atoms with Gasteiger partial charge >= 0.3 is 0 Å². The number of hydrogen-bond acceptors (Lipinski definition) is 5. The van der Waals surface area contributed by atoms with Gasteiger partial charge in [-0.15, -0.1) is 0 Å². The number of carbonyl (C=O) groups excluding carboxylic acids is 1. The number of ether oxygens (including phenoxy) is 1. The maximum absolute atomic E-state index is 12.7. The molecule has 0 unspecified atom stereocenters. The summed E-state index contributed by atoms with van der Waals surface area (Å²) in [6.07, 6.45) is 0. The highest BCUT2D eigenvalue weighted by atomic mass is 35.5. The van der Waals surface area contributed by atoms with Gasteiger partial charge in [-0.2, -0.15) is 5.26 Å². The van der Waals surface area contributed by atoms with Crippen LogP contribution < -0.4 is 10.1 Å². The normalized spacial score (nSPS) is 10.5. The Labute approximate surface area is 220 Å². The molecule has 0 fully saturated rings. The number of aryl methyl sites for hydroxylation is 1. The summed E-state index contributed by atoms with van der Waals surface area (Å²) in [6, 6.07) is 27.0. The van der Waals surface area contributed by atoms with Gasteiger partial charge in [-0.05, 0) is 67.4 Å². The summed E-state index contributed by atoms with van der Waals surface area (Å²) in [6.45, 7) is 4.43. The van der Waals surface area contributed by atoms with Crippen molar-refractivity contribution in [1.29, 1.82) is 5.26 Å². The number of carbonyl (C=O) groups is 1. The van der Waals surface area contributed by atoms with Crippen LogP contribution in [-0.2, 0) is 4.79 Å². The molecule has 7 heteroatoms. The largest absolute Gasteiger partial charge is 0.494 e. The van der Waals surface area contributed by atoms with E-state index in [4.69, 9.17) is 21.3 Å². The molecule has 4 aromatic rings. The maximum Gasteiger partial charge on any atom is 0.234 e. The maximum atomic E-state index is 12.7. The average molecular weight is 514 g/mol. The van der Waals surface area contributed by atoms with Crippen LogP contribution in [0.15, 0.2) is 83.9 Å². The number of pyridine rings is 1. The van der Waals surface area contributed by atoms with Gasteiger partial charge in [-0.3, -0.25) is 4.79 Å². The standard InChI is InChI=1S/C29H24ClN3O2S/c1-3-35-23-13-10-21(11-14-23)27-16-24(20-7-5-4-6-8-20)25(17-31)29(33-27)36-18-28(34)32-22-12-9-19(2)26(30)15-22/h4-16H,3,18H2,1-2H3,(H,32,34). The van der Waals surface area contributed by atoms with Crippen LogP contribution in [0.2, 0.25) is 5.02 Å². The molecule has 180 valence electrons. The molecular weight excluding hydrogens is 490 g/mol. The zero-order chi connectivity index (χ0) is 25.5. The van der Waals surface area contributed by atoms with Gasteiger partial charge in [0.15, 0.2) is 0 Å². The number of amides is 1. The average Bonchev–Trinajstić information content (AvgIpc) is 2.90. The van der Waals surface area contributed by atoms with Crippen LogP contribution in [0.3, 0.4) is 0 Å². The molecule has 0 aliphatic heterocycles. The Kier molecular flexibility index (Phi) is 8.27. The van der Waals surface area contributed by atoms with Crippen molar-refractivity contribution in [2.75, 3.05) is 17.7 Å². The van der Waals surface area contributed by atoms with E-state index in [0.717, 1.165) is 28.0 Å². The first-order chi connectivity index (χ1) is 17.5. The first-order valence-electron chi connectivity index (χ1n) is 11.4. The third-order valence-corrected chi connectivity index (χ3v) is 6.82. The van der Waals surface area contributed by atoms with E-state index in [9.17, 15) is 10.1 Å². The Balaban J connectivity index is 1.66. The minimum atomic E-state index is -0.210. The van der Waals surface area contributed by atoms with E-state index in [-0.39, 0.29) is 11.7 Å². The molecular formula is C29H24ClN3O2S. The monoisotopic (exact) mass is 513 g/mol. The number of thioether (sulfide) groups is 1. The summed E-state index contributed by atoms with van der Waals surface area (Å²) in [5.41, 5.74) is 5.27. The van der Waals surface area contributed by atoms with Crippen molar-refractivity contribution >= 4 is 35.0 Å². The van der Waals surface area contributed by atoms with Crippen molar-refractivity contribution in [2.24, 2.45) is 0 Å². The minimum absolute atomic E-state index is 0.0914. The smallest absolute Gasteiger partial charge is 0.234 e. The van der Waals surface area contributed by atoms with Gasteiger partial charge in [0.2, 0.25) is 5.91 Å². The van der Waals surface area contributed by atoms with Gasteiger partial charge < -0.3 is 10.1 Å². The second-order valence-electron chi connectivity index (χ2n) is 7.97. The van der Waals surface area contributed by atoms with Crippen molar-refractivity contribution in [2.45, 2.75) is 18.9 Å². The Morgan fingerprint density at radius 1 is 1.06 bits per heavy atom. The lowest BCUT2D eigenvalue weighted by Gasteiger charge is -2.13. The number of nitrogens with one attached hydrogen (secondary N) is 1. The summed E-state index contributed by atoms with van der Waals surface area (Å²) in [5.74, 6) is 0.660. The Hall–Kier alpha value is -3.79. The van der Waals surface area contributed by atoms with Crippen molar-refractivity contribution in [3.63, 3.8) is 0 Å². The summed E-state index contributed by atoms with van der Waals surface area (Å²) in [5, 5.41) is 14.0. The van der Waals surface area contributed by atoms with Crippen molar-refractivity contribution in [3.05, 3.63) is 95.0 Å². The van der Waals surface area contributed by atoms with E-state index in [1.807, 2.05) is 86.6 Å². The number of benzene rings is 3. The molecule has 1 N–H and O–H groups in total. The van der Waals surface area contributed by atoms with E-state index in [1.165, 1.54) is 11.8 Å². The van der Waals surface area contributed by atoms with E-state index >= 15 is 0 Å². The van der Waals surface area contributed by atoms with Crippen LogP contribution in [0.5, 0.6) is 5.75 Å². The fourth-order valence-electron chi connectivity index (χ4n) is 3.62. The molecule has 4 rings (SSSR count). The van der Waals surface area contributed by atoms with Gasteiger partial charge in [-0.25, -0.2) is 4.98 Å². The molecule has 0 atom stereocenters. The molecule has 0 saturated heterocycles. The van der Waals surface area contributed by atoms with Gasteiger partial charge in [0.25, 0.3) is 0 Å². The lowest BCUT2D eigenvalue weighted by molar-refractivity contribution is -0.113. The molecule has 0 aliphatic rings. The van der Waals surface area contributed by atoms with Gasteiger partial charge in [-0.1, -0.05) is 59.8 Å². The zero-order valence-electron chi connectivity index (χ0n) is 19.9. The Morgan fingerprint density at radius 2 is 1.81 bits per heavy atom. The molecule has 5 nitrogen and oxygen atoms in total. The first kappa shape index (κ1) is 25.3. The van der Waals surface area contributed by atoms with E-state index in [2.05, 4.69) is 11.4 Å². The topological polar surface area (TPSA) is 75.0 Å². The molecule has 36 heavy (non-hydrogen) atoms. The Morgan fingerprint density at radius 3 is 2.47 bits per heavy atom. The Bertz CT molecular complexity index is 1420. The van der Waals surface area contributed by atoms with Crippen LogP contribution in [-0.4, -0.2) is 23.3 Å². The lowest BCUT2D eigenvalue weighted by Crippen LogP contribution is -2.14. The van der Waals surface area contributed by atoms with Gasteiger partial charge in [0, 0.05) is 21.8 Å². The highest BCUT2D eigenvalue weighted by molar-refractivity contribution is 8.00. The molecule has 0 aliphatic carbocycles. The second-order valence-corrected chi connectivity index (χ2v) is 9.34. The summed E-state index contributed by atoms with van der Waals surface area (Å²) < 4.78 is 5.56. The summed E-state index contributed by atoms with van der Waals surface area (Å²) in [7, 11) is 0. The lowest BCUT2D eigenvalue weighted by atomic mass is 9.99. The van der Waals surface area contributed by atoms with E-state index < -0.39 is 0 Å². The molecule has 1 aromatic heterocycles. The van der Waals surface area contributed by atoms with Crippen LogP contribution in [0.25, 0.3) is 22.4 Å².